The van der Waals surface area contributed by atoms with Crippen LogP contribution in [0.2, 0.25) is 0 Å². The van der Waals surface area contributed by atoms with Gasteiger partial charge in [0.2, 0.25) is 0 Å². The van der Waals surface area contributed by atoms with Gasteiger partial charge in [0.25, 0.3) is 11.1 Å². The highest BCUT2D eigenvalue weighted by Crippen LogP contribution is 2.24. The molecule has 140 valence electrons. The van der Waals surface area contributed by atoms with Crippen molar-refractivity contribution < 1.29 is 14.3 Å². The average molecular weight is 382 g/mol. The number of carbonyl (C=O) groups excluding carboxylic acids is 2. The lowest BCUT2D eigenvalue weighted by molar-refractivity contribution is -0.115. The first-order valence-electron chi connectivity index (χ1n) is 9.06. The van der Waals surface area contributed by atoms with Gasteiger partial charge in [-0.2, -0.15) is 0 Å². The van der Waals surface area contributed by atoms with E-state index in [0.717, 1.165) is 55.3 Å². The van der Waals surface area contributed by atoms with Gasteiger partial charge < -0.3 is 4.74 Å². The Hall–Kier alpha value is -2.60. The molecule has 0 radical (unpaired) electrons. The van der Waals surface area contributed by atoms with Gasteiger partial charge in [-0.25, -0.2) is 0 Å². The zero-order valence-electron chi connectivity index (χ0n) is 15.0. The predicted molar refractivity (Wildman–Crippen MR) is 107 cm³/mol. The third-order valence-corrected chi connectivity index (χ3v) is 5.03. The van der Waals surface area contributed by atoms with Crippen molar-refractivity contribution in [1.82, 2.24) is 10.3 Å². The molecule has 1 aromatic heterocycles. The number of allylic oxidation sites excluding steroid dienone is 1. The van der Waals surface area contributed by atoms with E-state index in [-0.39, 0.29) is 11.1 Å². The third-order valence-electron chi connectivity index (χ3n) is 4.17. The summed E-state index contributed by atoms with van der Waals surface area (Å²) in [5.74, 6) is 0.594. The fourth-order valence-corrected chi connectivity index (χ4v) is 3.43. The van der Waals surface area contributed by atoms with Crippen LogP contribution in [0.15, 0.2) is 59.6 Å². The predicted octanol–water partition coefficient (Wildman–Crippen LogP) is 4.28. The number of thioether (sulfide) groups is 1. The second-order valence-corrected chi connectivity index (χ2v) is 7.24. The van der Waals surface area contributed by atoms with E-state index in [4.69, 9.17) is 4.74 Å². The molecule has 0 aliphatic carbocycles. The molecule has 1 aliphatic rings. The topological polar surface area (TPSA) is 68.3 Å². The summed E-state index contributed by atoms with van der Waals surface area (Å²) in [4.78, 5) is 27.3. The number of aryl methyl sites for hydroxylation is 1. The second kappa shape index (κ2) is 9.92. The molecule has 2 aromatic rings. The Morgan fingerprint density at radius 3 is 2.59 bits per heavy atom. The van der Waals surface area contributed by atoms with Gasteiger partial charge in [-0.1, -0.05) is 24.3 Å². The van der Waals surface area contributed by atoms with Gasteiger partial charge in [0.1, 0.15) is 5.75 Å². The van der Waals surface area contributed by atoms with Crippen LogP contribution in [-0.2, 0) is 17.6 Å². The SMILES string of the molecule is O=C1NC(=O)C(=CCCCCc2ccc(OCCc3ccccn3)cc2)S1. The number of imide groups is 1. The molecule has 6 heteroatoms. The smallest absolute Gasteiger partial charge is 0.290 e. The molecule has 0 spiro atoms. The Labute approximate surface area is 163 Å². The van der Waals surface area contributed by atoms with Crippen LogP contribution in [0.5, 0.6) is 5.75 Å². The Kier molecular flexibility index (Phi) is 7.04. The van der Waals surface area contributed by atoms with Crippen molar-refractivity contribution in [3.63, 3.8) is 0 Å². The molecular formula is C21H22N2O3S. The van der Waals surface area contributed by atoms with E-state index < -0.39 is 0 Å². The van der Waals surface area contributed by atoms with E-state index in [1.165, 1.54) is 5.56 Å². The van der Waals surface area contributed by atoms with Crippen LogP contribution in [0.25, 0.3) is 0 Å². The van der Waals surface area contributed by atoms with Crippen LogP contribution in [0.1, 0.15) is 30.5 Å². The molecule has 1 fully saturated rings. The van der Waals surface area contributed by atoms with Crippen molar-refractivity contribution in [1.29, 1.82) is 0 Å². The zero-order valence-corrected chi connectivity index (χ0v) is 15.8. The standard InChI is InChI=1S/C21H22N2O3S/c24-20-19(27-21(25)23-20)8-3-1-2-6-16-9-11-18(12-10-16)26-15-13-17-7-4-5-14-22-17/h4-5,7-12,14H,1-3,6,13,15H2,(H,23,24,25). The maximum absolute atomic E-state index is 11.4. The monoisotopic (exact) mass is 382 g/mol. The summed E-state index contributed by atoms with van der Waals surface area (Å²) in [6.45, 7) is 0.610. The Morgan fingerprint density at radius 2 is 1.89 bits per heavy atom. The molecule has 3 rings (SSSR count). The second-order valence-electron chi connectivity index (χ2n) is 6.22. The summed E-state index contributed by atoms with van der Waals surface area (Å²) in [7, 11) is 0. The van der Waals surface area contributed by atoms with E-state index in [1.807, 2.05) is 36.4 Å². The summed E-state index contributed by atoms with van der Waals surface area (Å²) >= 11 is 0.978. The summed E-state index contributed by atoms with van der Waals surface area (Å²) in [5, 5.41) is 1.98. The fourth-order valence-electron chi connectivity index (χ4n) is 2.74. The van der Waals surface area contributed by atoms with Crippen LogP contribution in [0, 0.1) is 0 Å². The number of pyridine rings is 1. The lowest BCUT2D eigenvalue weighted by Gasteiger charge is -2.07. The van der Waals surface area contributed by atoms with E-state index >= 15 is 0 Å². The van der Waals surface area contributed by atoms with Crippen molar-refractivity contribution in [2.45, 2.75) is 32.1 Å². The van der Waals surface area contributed by atoms with Crippen molar-refractivity contribution in [3.8, 4) is 5.75 Å². The summed E-state index contributed by atoms with van der Waals surface area (Å²) in [6.07, 6.45) is 8.23. The molecule has 27 heavy (non-hydrogen) atoms. The Morgan fingerprint density at radius 1 is 1.04 bits per heavy atom. The van der Waals surface area contributed by atoms with Crippen LogP contribution in [-0.4, -0.2) is 22.7 Å². The normalized spacial score (nSPS) is 15.2. The maximum Gasteiger partial charge on any atom is 0.290 e. The zero-order chi connectivity index (χ0) is 18.9. The molecule has 0 atom stereocenters. The van der Waals surface area contributed by atoms with Crippen LogP contribution >= 0.6 is 11.8 Å². The highest BCUT2D eigenvalue weighted by Gasteiger charge is 2.24. The first-order valence-corrected chi connectivity index (χ1v) is 9.87. The van der Waals surface area contributed by atoms with E-state index in [2.05, 4.69) is 22.4 Å². The van der Waals surface area contributed by atoms with Crippen molar-refractivity contribution in [2.75, 3.05) is 6.61 Å². The molecule has 0 bridgehead atoms. The number of hydrogen-bond donors (Lipinski definition) is 1. The van der Waals surface area contributed by atoms with Gasteiger partial charge in [0.05, 0.1) is 11.5 Å². The minimum atomic E-state index is -0.284. The molecule has 2 amide bonds. The molecule has 0 unspecified atom stereocenters. The number of amides is 2. The number of ether oxygens (including phenoxy) is 1. The van der Waals surface area contributed by atoms with Gasteiger partial charge >= 0.3 is 0 Å². The van der Waals surface area contributed by atoms with Crippen molar-refractivity contribution >= 4 is 22.9 Å². The highest BCUT2D eigenvalue weighted by atomic mass is 32.2. The summed E-state index contributed by atoms with van der Waals surface area (Å²) in [6, 6.07) is 14.1. The van der Waals surface area contributed by atoms with Crippen LogP contribution < -0.4 is 10.1 Å². The van der Waals surface area contributed by atoms with Crippen LogP contribution in [0.3, 0.4) is 0 Å². The first-order chi connectivity index (χ1) is 13.2. The molecule has 1 saturated heterocycles. The minimum absolute atomic E-state index is 0.274. The lowest BCUT2D eigenvalue weighted by Crippen LogP contribution is -2.17. The maximum atomic E-state index is 11.4. The average Bonchev–Trinajstić information content (AvgIpc) is 3.01. The van der Waals surface area contributed by atoms with Crippen molar-refractivity contribution in [2.24, 2.45) is 0 Å². The van der Waals surface area contributed by atoms with Gasteiger partial charge in [-0.05, 0) is 67.3 Å². The molecule has 2 heterocycles. The number of hydrogen-bond acceptors (Lipinski definition) is 5. The molecule has 0 saturated carbocycles. The van der Waals surface area contributed by atoms with Crippen molar-refractivity contribution in [3.05, 3.63) is 70.9 Å². The van der Waals surface area contributed by atoms with Gasteiger partial charge in [0, 0.05) is 18.3 Å². The van der Waals surface area contributed by atoms with E-state index in [9.17, 15) is 9.59 Å². The van der Waals surface area contributed by atoms with E-state index in [0.29, 0.717) is 11.5 Å². The number of rotatable bonds is 9. The quantitative estimate of drug-likeness (QED) is 0.518. The first kappa shape index (κ1) is 19.2. The lowest BCUT2D eigenvalue weighted by atomic mass is 10.1. The van der Waals surface area contributed by atoms with E-state index in [1.54, 1.807) is 6.20 Å². The highest BCUT2D eigenvalue weighted by molar-refractivity contribution is 8.18. The summed E-state index contributed by atoms with van der Waals surface area (Å²) in [5.41, 5.74) is 2.30. The summed E-state index contributed by atoms with van der Waals surface area (Å²) < 4.78 is 5.77. The Bertz CT molecular complexity index is 804. The molecule has 5 nitrogen and oxygen atoms in total. The number of benzene rings is 1. The molecule has 1 aromatic carbocycles. The fraction of sp³-hybridized carbons (Fsp3) is 0.286. The number of nitrogens with one attached hydrogen (secondary N) is 1. The Balaban J connectivity index is 1.33. The van der Waals surface area contributed by atoms with Gasteiger partial charge in [-0.3, -0.25) is 19.9 Å². The largest absolute Gasteiger partial charge is 0.493 e. The number of aromatic nitrogens is 1. The molecule has 1 N–H and O–H groups in total. The number of carbonyl (C=O) groups is 2. The minimum Gasteiger partial charge on any atom is -0.493 e. The molecular weight excluding hydrogens is 360 g/mol. The third kappa shape index (κ3) is 6.25. The molecule has 1 aliphatic heterocycles. The number of nitrogens with zero attached hydrogens (tertiary/aromatic N) is 1. The van der Waals surface area contributed by atoms with Gasteiger partial charge in [0.15, 0.2) is 0 Å². The van der Waals surface area contributed by atoms with Gasteiger partial charge in [-0.15, -0.1) is 0 Å². The number of unbranched alkanes of at least 4 members (excludes halogenated alkanes) is 2. The van der Waals surface area contributed by atoms with Crippen LogP contribution in [0.4, 0.5) is 4.79 Å².